The topological polar surface area (TPSA) is 120 Å². The molecule has 7 nitrogen and oxygen atoms in total. The van der Waals surface area contributed by atoms with Crippen molar-refractivity contribution in [2.45, 2.75) is 6.92 Å². The van der Waals surface area contributed by atoms with Crippen LogP contribution in [0.3, 0.4) is 0 Å². The maximum Gasteiger partial charge on any atom is 0.323 e. The fourth-order valence-electron chi connectivity index (χ4n) is 3.30. The number of aromatic amines is 1. The van der Waals surface area contributed by atoms with Crippen LogP contribution in [0.15, 0.2) is 54.6 Å². The van der Waals surface area contributed by atoms with E-state index in [0.717, 1.165) is 22.0 Å². The third-order valence-corrected chi connectivity index (χ3v) is 4.66. The Morgan fingerprint density at radius 3 is 2.67 bits per heavy atom. The van der Waals surface area contributed by atoms with E-state index in [1.807, 2.05) is 30.3 Å². The smallest absolute Gasteiger partial charge is 0.323 e. The van der Waals surface area contributed by atoms with E-state index in [9.17, 15) is 9.18 Å². The highest BCUT2D eigenvalue weighted by atomic mass is 19.1. The van der Waals surface area contributed by atoms with Crippen LogP contribution in [0.5, 0.6) is 0 Å². The Kier molecular flexibility index (Phi) is 4.78. The molecule has 0 radical (unpaired) electrons. The molecule has 0 bridgehead atoms. The van der Waals surface area contributed by atoms with Gasteiger partial charge in [-0.15, -0.1) is 0 Å². The molecule has 0 atom stereocenters. The molecule has 30 heavy (non-hydrogen) atoms. The number of fused-ring (bicyclic) bond motifs is 1. The van der Waals surface area contributed by atoms with Gasteiger partial charge in [-0.1, -0.05) is 24.3 Å². The van der Waals surface area contributed by atoms with Crippen molar-refractivity contribution in [3.8, 4) is 17.2 Å². The molecule has 5 N–H and O–H groups in total. The van der Waals surface area contributed by atoms with Crippen LogP contribution in [0.1, 0.15) is 11.1 Å². The number of nitrogen functional groups attached to an aromatic ring is 1. The highest BCUT2D eigenvalue weighted by Gasteiger charge is 2.13. The SMILES string of the molecule is Cc1cc(C#N)c(F)c(NC(=O)Nc2ccc(-c3cccc4[nH]nc(N)c34)cc2)c1. The molecular weight excluding hydrogens is 383 g/mol. The molecule has 0 aliphatic rings. The number of carbonyl (C=O) groups excluding carboxylic acids is 1. The second-order valence-corrected chi connectivity index (χ2v) is 6.78. The van der Waals surface area contributed by atoms with Gasteiger partial charge in [0.15, 0.2) is 11.6 Å². The average molecular weight is 400 g/mol. The fourth-order valence-corrected chi connectivity index (χ4v) is 3.30. The minimum absolute atomic E-state index is 0.0530. The number of nitrogens with zero attached hydrogens (tertiary/aromatic N) is 2. The number of anilines is 3. The van der Waals surface area contributed by atoms with Crippen molar-refractivity contribution in [2.75, 3.05) is 16.4 Å². The van der Waals surface area contributed by atoms with E-state index in [0.29, 0.717) is 17.1 Å². The largest absolute Gasteiger partial charge is 0.382 e. The summed E-state index contributed by atoms with van der Waals surface area (Å²) in [5, 5.41) is 21.8. The van der Waals surface area contributed by atoms with E-state index in [4.69, 9.17) is 11.0 Å². The molecular formula is C22H17FN6O. The number of H-pyrrole nitrogens is 1. The summed E-state index contributed by atoms with van der Waals surface area (Å²) in [6.45, 7) is 1.72. The number of benzene rings is 3. The molecule has 148 valence electrons. The van der Waals surface area contributed by atoms with Gasteiger partial charge in [-0.2, -0.15) is 10.4 Å². The first-order valence-corrected chi connectivity index (χ1v) is 9.07. The number of amides is 2. The number of rotatable bonds is 3. The van der Waals surface area contributed by atoms with E-state index >= 15 is 0 Å². The van der Waals surface area contributed by atoms with Gasteiger partial charge < -0.3 is 16.4 Å². The minimum atomic E-state index is -0.764. The molecule has 0 aliphatic heterocycles. The first kappa shape index (κ1) is 19.0. The zero-order chi connectivity index (χ0) is 21.3. The van der Waals surface area contributed by atoms with Crippen molar-refractivity contribution in [1.82, 2.24) is 10.2 Å². The van der Waals surface area contributed by atoms with Crippen LogP contribution in [0.2, 0.25) is 0 Å². The zero-order valence-corrected chi connectivity index (χ0v) is 16.0. The number of nitriles is 1. The Balaban J connectivity index is 1.53. The molecule has 3 aromatic carbocycles. The van der Waals surface area contributed by atoms with E-state index in [2.05, 4.69) is 20.8 Å². The standard InChI is InChI=1S/C22H17FN6O/c1-12-9-14(11-24)20(23)18(10-12)27-22(30)26-15-7-5-13(6-8-15)16-3-2-4-17-19(16)21(25)29-28-17/h2-10H,1H3,(H3,25,28,29)(H2,26,27,30). The number of hydrogen-bond acceptors (Lipinski definition) is 4. The number of nitrogens with one attached hydrogen (secondary N) is 3. The number of nitrogens with two attached hydrogens (primary N) is 1. The van der Waals surface area contributed by atoms with Gasteiger partial charge in [0, 0.05) is 5.69 Å². The number of carbonyl (C=O) groups is 1. The summed E-state index contributed by atoms with van der Waals surface area (Å²) in [6, 6.07) is 16.9. The molecule has 2 amide bonds. The lowest BCUT2D eigenvalue weighted by Gasteiger charge is -2.11. The third kappa shape index (κ3) is 3.52. The Bertz CT molecular complexity index is 1300. The molecule has 0 saturated heterocycles. The summed E-state index contributed by atoms with van der Waals surface area (Å²) in [5.74, 6) is -0.349. The van der Waals surface area contributed by atoms with E-state index in [-0.39, 0.29) is 11.3 Å². The Labute approximate surface area is 171 Å². The van der Waals surface area contributed by atoms with Crippen molar-refractivity contribution in [3.05, 3.63) is 71.5 Å². The van der Waals surface area contributed by atoms with Gasteiger partial charge >= 0.3 is 6.03 Å². The van der Waals surface area contributed by atoms with Crippen molar-refractivity contribution in [1.29, 1.82) is 5.26 Å². The number of urea groups is 1. The van der Waals surface area contributed by atoms with Crippen molar-refractivity contribution in [2.24, 2.45) is 0 Å². The van der Waals surface area contributed by atoms with Gasteiger partial charge in [0.25, 0.3) is 0 Å². The number of aryl methyl sites for hydroxylation is 1. The second-order valence-electron chi connectivity index (χ2n) is 6.78. The quantitative estimate of drug-likeness (QED) is 0.396. The summed E-state index contributed by atoms with van der Waals surface area (Å²) >= 11 is 0. The van der Waals surface area contributed by atoms with Gasteiger partial charge in [-0.25, -0.2) is 9.18 Å². The van der Waals surface area contributed by atoms with Gasteiger partial charge in [0.05, 0.1) is 22.2 Å². The second kappa shape index (κ2) is 7.56. The first-order valence-electron chi connectivity index (χ1n) is 9.07. The number of hydrogen-bond donors (Lipinski definition) is 4. The summed E-state index contributed by atoms with van der Waals surface area (Å²) in [4.78, 5) is 12.3. The number of aromatic nitrogens is 2. The summed E-state index contributed by atoms with van der Waals surface area (Å²) in [6.07, 6.45) is 0. The van der Waals surface area contributed by atoms with E-state index in [1.165, 1.54) is 12.1 Å². The molecule has 0 fully saturated rings. The molecule has 1 heterocycles. The maximum absolute atomic E-state index is 14.2. The molecule has 0 unspecified atom stereocenters. The van der Waals surface area contributed by atoms with Gasteiger partial charge in [-0.05, 0) is 53.9 Å². The van der Waals surface area contributed by atoms with Gasteiger partial charge in [-0.3, -0.25) is 5.10 Å². The summed E-state index contributed by atoms with van der Waals surface area (Å²) in [5.41, 5.74) is 9.64. The lowest BCUT2D eigenvalue weighted by molar-refractivity contribution is 0.262. The van der Waals surface area contributed by atoms with Crippen LogP contribution in [0.25, 0.3) is 22.0 Å². The van der Waals surface area contributed by atoms with Crippen molar-refractivity contribution < 1.29 is 9.18 Å². The fraction of sp³-hybridized carbons (Fsp3) is 0.0455. The Hall–Kier alpha value is -4.38. The molecule has 4 aromatic rings. The van der Waals surface area contributed by atoms with Crippen LogP contribution in [-0.2, 0) is 0 Å². The third-order valence-electron chi connectivity index (χ3n) is 4.66. The first-order chi connectivity index (χ1) is 14.5. The predicted octanol–water partition coefficient (Wildman–Crippen LogP) is 4.78. The molecule has 0 aliphatic carbocycles. The highest BCUT2D eigenvalue weighted by molar-refractivity contribution is 6.02. The van der Waals surface area contributed by atoms with Crippen LogP contribution < -0.4 is 16.4 Å². The monoisotopic (exact) mass is 400 g/mol. The maximum atomic E-state index is 14.2. The van der Waals surface area contributed by atoms with Crippen LogP contribution >= 0.6 is 0 Å². The molecule has 0 spiro atoms. The summed E-state index contributed by atoms with van der Waals surface area (Å²) < 4.78 is 14.2. The van der Waals surface area contributed by atoms with Gasteiger partial charge in [0.2, 0.25) is 0 Å². The molecule has 0 saturated carbocycles. The Morgan fingerprint density at radius 1 is 1.17 bits per heavy atom. The minimum Gasteiger partial charge on any atom is -0.382 e. The van der Waals surface area contributed by atoms with Crippen LogP contribution in [0.4, 0.5) is 26.4 Å². The highest BCUT2D eigenvalue weighted by Crippen LogP contribution is 2.31. The average Bonchev–Trinajstić information content (AvgIpc) is 3.12. The molecule has 1 aromatic heterocycles. The van der Waals surface area contributed by atoms with Crippen LogP contribution in [-0.4, -0.2) is 16.2 Å². The number of halogens is 1. The lowest BCUT2D eigenvalue weighted by Crippen LogP contribution is -2.20. The normalized spacial score (nSPS) is 10.6. The predicted molar refractivity (Wildman–Crippen MR) is 114 cm³/mol. The molecule has 4 rings (SSSR count). The molecule has 8 heteroatoms. The Morgan fingerprint density at radius 2 is 1.93 bits per heavy atom. The van der Waals surface area contributed by atoms with E-state index in [1.54, 1.807) is 25.1 Å². The van der Waals surface area contributed by atoms with E-state index < -0.39 is 11.8 Å². The van der Waals surface area contributed by atoms with Crippen LogP contribution in [0, 0.1) is 24.1 Å². The van der Waals surface area contributed by atoms with Gasteiger partial charge in [0.1, 0.15) is 6.07 Å². The van der Waals surface area contributed by atoms with Crippen molar-refractivity contribution >= 4 is 34.1 Å². The lowest BCUT2D eigenvalue weighted by atomic mass is 10.0. The zero-order valence-electron chi connectivity index (χ0n) is 16.0. The van der Waals surface area contributed by atoms with Crippen molar-refractivity contribution in [3.63, 3.8) is 0 Å². The summed E-state index contributed by atoms with van der Waals surface area (Å²) in [7, 11) is 0.